The molecule has 4 aliphatic rings. The summed E-state index contributed by atoms with van der Waals surface area (Å²) in [4.78, 5) is 39.6. The zero-order chi connectivity index (χ0) is 34.4. The first-order valence-corrected chi connectivity index (χ1v) is 18.3. The first-order valence-electron chi connectivity index (χ1n) is 17.5. The lowest BCUT2D eigenvalue weighted by atomic mass is 9.89. The molecule has 256 valence electrons. The van der Waals surface area contributed by atoms with E-state index in [1.54, 1.807) is 30.7 Å². The average Bonchev–Trinajstić information content (AvgIpc) is 3.99. The van der Waals surface area contributed by atoms with E-state index in [4.69, 9.17) is 19.1 Å². The van der Waals surface area contributed by atoms with Gasteiger partial charge in [-0.15, -0.1) is 16.4 Å². The second kappa shape index (κ2) is 11.6. The number of methoxy groups -OCH3 is 1. The predicted octanol–water partition coefficient (Wildman–Crippen LogP) is 7.51. The van der Waals surface area contributed by atoms with Crippen LogP contribution in [0.15, 0.2) is 63.9 Å². The maximum atomic E-state index is 14.3. The predicted molar refractivity (Wildman–Crippen MR) is 191 cm³/mol. The molecule has 51 heavy (non-hydrogen) atoms. The van der Waals surface area contributed by atoms with Crippen molar-refractivity contribution in [3.05, 3.63) is 110 Å². The van der Waals surface area contributed by atoms with Gasteiger partial charge in [-0.25, -0.2) is 19.3 Å². The number of thiophene rings is 1. The Bertz CT molecular complexity index is 2470. The van der Waals surface area contributed by atoms with E-state index in [0.717, 1.165) is 81.9 Å². The quantitative estimate of drug-likeness (QED) is 0.175. The molecule has 0 unspecified atom stereocenters. The Labute approximate surface area is 295 Å². The first kappa shape index (κ1) is 30.5. The van der Waals surface area contributed by atoms with Crippen molar-refractivity contribution in [1.82, 2.24) is 25.1 Å². The highest BCUT2D eigenvalue weighted by Crippen LogP contribution is 2.51. The van der Waals surface area contributed by atoms with E-state index >= 15 is 0 Å². The van der Waals surface area contributed by atoms with Crippen molar-refractivity contribution < 1.29 is 18.3 Å². The van der Waals surface area contributed by atoms with Crippen molar-refractivity contribution in [1.29, 1.82) is 0 Å². The monoisotopic (exact) mass is 700 g/mol. The number of anilines is 1. The maximum Gasteiger partial charge on any atom is 0.434 e. The molecule has 0 spiro atoms. The highest BCUT2D eigenvalue weighted by atomic mass is 32.1. The molecule has 2 aliphatic heterocycles. The summed E-state index contributed by atoms with van der Waals surface area (Å²) in [5.41, 5.74) is 7.79. The number of hydrogen-bond acceptors (Lipinski definition) is 9. The number of carbonyl (C=O) groups is 1. The highest BCUT2D eigenvalue weighted by molar-refractivity contribution is 7.23. The van der Waals surface area contributed by atoms with E-state index in [1.807, 2.05) is 29.2 Å². The van der Waals surface area contributed by atoms with E-state index < -0.39 is 5.76 Å². The standard InChI is InChI=1S/C39H33FN6O4S/c1-49-29-6-2-4-24-25(29)11-12-26(24)43-36-35-21(13-14-41-36)18-30(51-35)32-31(37-44-45-39(48)50-37)27(17-20-8-7-19-16-22(40)9-10-23(19)20)42-34-28-5-3-15-46(28)38(47)33(32)34/h2,4,6,9-10,13-14,16,18,20,26,28H,3,5,7-8,11-12,15,17H2,1H3,(H,41,43)(H,45,48)/t20-,26-,28+/m1/s1. The molecular formula is C39H33FN6O4S. The molecule has 0 saturated carbocycles. The van der Waals surface area contributed by atoms with Crippen molar-refractivity contribution in [2.24, 2.45) is 0 Å². The van der Waals surface area contributed by atoms with Crippen LogP contribution in [0.4, 0.5) is 10.2 Å². The van der Waals surface area contributed by atoms with Gasteiger partial charge in [-0.1, -0.05) is 18.2 Å². The molecule has 0 radical (unpaired) electrons. The highest BCUT2D eigenvalue weighted by Gasteiger charge is 2.45. The number of benzene rings is 2. The van der Waals surface area contributed by atoms with Gasteiger partial charge in [0.1, 0.15) is 17.4 Å². The summed E-state index contributed by atoms with van der Waals surface area (Å²) in [6, 6.07) is 15.2. The molecule has 1 amide bonds. The molecule has 10 rings (SSSR count). The Balaban J connectivity index is 1.15. The molecule has 3 atom stereocenters. The minimum Gasteiger partial charge on any atom is -0.496 e. The average molecular weight is 701 g/mol. The van der Waals surface area contributed by atoms with Crippen LogP contribution in [0.1, 0.15) is 87.7 Å². The summed E-state index contributed by atoms with van der Waals surface area (Å²) in [6.07, 6.45) is 7.52. The second-order valence-electron chi connectivity index (χ2n) is 13.9. The number of ether oxygens (including phenoxy) is 1. The fourth-order valence-electron chi connectivity index (χ4n) is 8.95. The van der Waals surface area contributed by atoms with Crippen LogP contribution in [0, 0.1) is 5.82 Å². The van der Waals surface area contributed by atoms with Gasteiger partial charge in [0, 0.05) is 23.2 Å². The van der Waals surface area contributed by atoms with E-state index in [0.29, 0.717) is 35.3 Å². The molecule has 0 bridgehead atoms. The number of aromatic amines is 1. The lowest BCUT2D eigenvalue weighted by Crippen LogP contribution is -2.22. The number of nitrogens with one attached hydrogen (secondary N) is 2. The summed E-state index contributed by atoms with van der Waals surface area (Å²) >= 11 is 1.56. The zero-order valence-electron chi connectivity index (χ0n) is 27.8. The second-order valence-corrected chi connectivity index (χ2v) is 14.9. The van der Waals surface area contributed by atoms with Crippen LogP contribution in [0.5, 0.6) is 5.75 Å². The van der Waals surface area contributed by atoms with Gasteiger partial charge in [0.15, 0.2) is 0 Å². The molecular weight excluding hydrogens is 668 g/mol. The molecule has 1 saturated heterocycles. The Morgan fingerprint density at radius 3 is 2.84 bits per heavy atom. The van der Waals surface area contributed by atoms with Gasteiger partial charge in [-0.2, -0.15) is 0 Å². The smallest absolute Gasteiger partial charge is 0.434 e. The van der Waals surface area contributed by atoms with Crippen LogP contribution < -0.4 is 15.8 Å². The Hall–Kier alpha value is -5.36. The SMILES string of the molecule is COc1cccc2c1CC[C@H]2Nc1nccc2cc(-c3c4c(nc(C[C@H]5CCc6cc(F)ccc65)c3-c3n[nH]c(=O)o3)[C@@H]3CCCN3C4=O)sc12. The summed E-state index contributed by atoms with van der Waals surface area (Å²) in [6.45, 7) is 0.668. The molecule has 6 heterocycles. The van der Waals surface area contributed by atoms with Gasteiger partial charge in [0.25, 0.3) is 11.8 Å². The number of aryl methyl sites for hydroxylation is 1. The largest absolute Gasteiger partial charge is 0.496 e. The van der Waals surface area contributed by atoms with Crippen molar-refractivity contribution in [3.8, 4) is 27.6 Å². The van der Waals surface area contributed by atoms with E-state index in [1.165, 1.54) is 17.2 Å². The lowest BCUT2D eigenvalue weighted by Gasteiger charge is -2.19. The van der Waals surface area contributed by atoms with Crippen LogP contribution in [0.2, 0.25) is 0 Å². The molecule has 12 heteroatoms. The van der Waals surface area contributed by atoms with Crippen molar-refractivity contribution in [3.63, 3.8) is 0 Å². The number of H-pyrrole nitrogens is 1. The number of carbonyl (C=O) groups excluding carboxylic acids is 1. The third-order valence-electron chi connectivity index (χ3n) is 11.2. The first-order chi connectivity index (χ1) is 24.9. The van der Waals surface area contributed by atoms with Crippen molar-refractivity contribution >= 4 is 33.1 Å². The number of hydrogen-bond donors (Lipinski definition) is 2. The van der Waals surface area contributed by atoms with E-state index in [2.05, 4.69) is 27.6 Å². The summed E-state index contributed by atoms with van der Waals surface area (Å²) in [7, 11) is 1.71. The van der Waals surface area contributed by atoms with Gasteiger partial charge in [0.05, 0.1) is 46.4 Å². The van der Waals surface area contributed by atoms with Crippen LogP contribution >= 0.6 is 11.3 Å². The number of pyridine rings is 2. The van der Waals surface area contributed by atoms with Gasteiger partial charge in [-0.05, 0) is 109 Å². The number of rotatable bonds is 7. The molecule has 2 aromatic carbocycles. The molecule has 6 aromatic rings. The molecule has 4 aromatic heterocycles. The Kier molecular flexibility index (Phi) is 6.92. The fraction of sp³-hybridized carbons (Fsp3) is 0.308. The summed E-state index contributed by atoms with van der Waals surface area (Å²) in [5, 5.41) is 11.5. The van der Waals surface area contributed by atoms with Gasteiger partial charge < -0.3 is 19.4 Å². The molecule has 2 N–H and O–H groups in total. The lowest BCUT2D eigenvalue weighted by molar-refractivity contribution is 0.0776. The van der Waals surface area contributed by atoms with Crippen LogP contribution in [0.3, 0.4) is 0 Å². The molecule has 10 nitrogen and oxygen atoms in total. The van der Waals surface area contributed by atoms with Crippen molar-refractivity contribution in [2.75, 3.05) is 19.0 Å². The molecule has 1 fully saturated rings. The number of amides is 1. The normalized spacial score (nSPS) is 20.2. The topological polar surface area (TPSA) is 126 Å². The zero-order valence-corrected chi connectivity index (χ0v) is 28.6. The number of fused-ring (bicyclic) bond motifs is 6. The third kappa shape index (κ3) is 4.76. The van der Waals surface area contributed by atoms with E-state index in [-0.39, 0.29) is 35.6 Å². The number of halogens is 1. The fourth-order valence-corrected chi connectivity index (χ4v) is 10.1. The third-order valence-corrected chi connectivity index (χ3v) is 12.4. The summed E-state index contributed by atoms with van der Waals surface area (Å²) in [5.74, 6) is 0.864. The van der Waals surface area contributed by atoms with E-state index in [9.17, 15) is 14.0 Å². The Morgan fingerprint density at radius 2 is 1.98 bits per heavy atom. The minimum atomic E-state index is -0.684. The number of aromatic nitrogens is 4. The van der Waals surface area contributed by atoms with Crippen LogP contribution in [-0.2, 0) is 19.3 Å². The number of nitrogens with zero attached hydrogens (tertiary/aromatic N) is 4. The van der Waals surface area contributed by atoms with Gasteiger partial charge in [0.2, 0.25) is 0 Å². The minimum absolute atomic E-state index is 0.0622. The van der Waals surface area contributed by atoms with Gasteiger partial charge >= 0.3 is 5.76 Å². The molecule has 2 aliphatic carbocycles. The van der Waals surface area contributed by atoms with Crippen LogP contribution in [-0.4, -0.2) is 44.6 Å². The Morgan fingerprint density at radius 1 is 1.06 bits per heavy atom. The maximum absolute atomic E-state index is 14.3. The van der Waals surface area contributed by atoms with Crippen LogP contribution in [0.25, 0.3) is 32.0 Å². The summed E-state index contributed by atoms with van der Waals surface area (Å²) < 4.78 is 26.5. The van der Waals surface area contributed by atoms with Gasteiger partial charge in [-0.3, -0.25) is 9.78 Å². The van der Waals surface area contributed by atoms with Crippen molar-refractivity contribution in [2.45, 2.75) is 62.9 Å².